The van der Waals surface area contributed by atoms with Gasteiger partial charge < -0.3 is 9.84 Å². The first-order valence-electron chi connectivity index (χ1n) is 9.02. The molecule has 0 aliphatic rings. The number of carboxylic acid groups (broad SMARTS) is 1. The molecule has 0 fully saturated rings. The second-order valence-electron chi connectivity index (χ2n) is 6.52. The minimum atomic E-state index is -4.85. The van der Waals surface area contributed by atoms with Gasteiger partial charge in [-0.15, -0.1) is 0 Å². The molecule has 1 unspecified atom stereocenters. The van der Waals surface area contributed by atoms with Gasteiger partial charge in [-0.25, -0.2) is 0 Å². The number of carbonyl (C=O) groups is 2. The molecule has 150 valence electrons. The van der Waals surface area contributed by atoms with Crippen molar-refractivity contribution in [1.82, 2.24) is 0 Å². The molecule has 2 N–H and O–H groups in total. The molecule has 0 saturated carbocycles. The molecule has 1 atom stereocenters. The van der Waals surface area contributed by atoms with Crippen molar-refractivity contribution in [3.05, 3.63) is 0 Å². The summed E-state index contributed by atoms with van der Waals surface area (Å²) in [6.45, 7) is 5.98. The van der Waals surface area contributed by atoms with Crippen LogP contribution in [0.3, 0.4) is 0 Å². The Balaban J connectivity index is 0. The van der Waals surface area contributed by atoms with E-state index < -0.39 is 39.3 Å². The summed E-state index contributed by atoms with van der Waals surface area (Å²) in [6.07, 6.45) is 6.19. The van der Waals surface area contributed by atoms with E-state index in [1.165, 1.54) is 0 Å². The van der Waals surface area contributed by atoms with E-state index in [1.54, 1.807) is 0 Å². The van der Waals surface area contributed by atoms with Crippen LogP contribution in [-0.2, 0) is 24.4 Å². The summed E-state index contributed by atoms with van der Waals surface area (Å²) in [5.74, 6) is -2.67. The predicted octanol–water partition coefficient (Wildman–Crippen LogP) is 2.92. The number of hydrogen-bond acceptors (Lipinski definition) is 5. The predicted molar refractivity (Wildman–Crippen MR) is 102 cm³/mol. The first-order chi connectivity index (χ1) is 11.6. The van der Waals surface area contributed by atoms with Crippen molar-refractivity contribution < 1.29 is 32.4 Å². The Labute approximate surface area is 199 Å². The first kappa shape index (κ1) is 28.7. The normalized spacial score (nSPS) is 12.9. The number of ether oxygens (including phenoxy) is 1. The number of esters is 1. The standard InChI is InChI=1S/C17H32O7S.K.H/c1-4-7-8-9-12-17(10-5-2,11-6-3)24-16(20)14(13-15(18)19)25(21,22)23;;/h14H,4-13H2,1-3H3,(H,18,19)(H,21,22,23);;. The van der Waals surface area contributed by atoms with Crippen molar-refractivity contribution in [2.24, 2.45) is 0 Å². The molecule has 9 heteroatoms. The fourth-order valence-electron chi connectivity index (χ4n) is 3.06. The third kappa shape index (κ3) is 11.4. The topological polar surface area (TPSA) is 118 Å². The van der Waals surface area contributed by atoms with E-state index in [-0.39, 0.29) is 51.4 Å². The summed E-state index contributed by atoms with van der Waals surface area (Å²) in [5, 5.41) is 6.73. The molecule has 0 bridgehead atoms. The third-order valence-electron chi connectivity index (χ3n) is 4.20. The molecule has 0 aromatic rings. The average molecular weight is 421 g/mol. The Kier molecular flexibility index (Phi) is 16.0. The van der Waals surface area contributed by atoms with Crippen molar-refractivity contribution in [3.63, 3.8) is 0 Å². The number of carboxylic acids is 1. The van der Waals surface area contributed by atoms with Gasteiger partial charge in [-0.3, -0.25) is 14.1 Å². The zero-order chi connectivity index (χ0) is 19.5. The summed E-state index contributed by atoms with van der Waals surface area (Å²) >= 11 is 0. The number of aliphatic carboxylic acids is 1. The van der Waals surface area contributed by atoms with Gasteiger partial charge in [-0.05, 0) is 25.7 Å². The molecule has 0 aromatic carbocycles. The maximum absolute atomic E-state index is 12.4. The van der Waals surface area contributed by atoms with Crippen LogP contribution in [-0.4, -0.2) is 92.3 Å². The summed E-state index contributed by atoms with van der Waals surface area (Å²) in [7, 11) is -4.85. The molecule has 0 radical (unpaired) electrons. The number of unbranched alkanes of at least 4 members (excludes halogenated alkanes) is 3. The molecule has 0 aliphatic heterocycles. The summed E-state index contributed by atoms with van der Waals surface area (Å²) in [6, 6.07) is 0. The first-order valence-corrected chi connectivity index (χ1v) is 10.5. The Morgan fingerprint density at radius 3 is 1.88 bits per heavy atom. The van der Waals surface area contributed by atoms with Crippen LogP contribution < -0.4 is 0 Å². The molecule has 7 nitrogen and oxygen atoms in total. The van der Waals surface area contributed by atoms with Gasteiger partial charge in [-0.2, -0.15) is 8.42 Å². The summed E-state index contributed by atoms with van der Waals surface area (Å²) < 4.78 is 37.6. The van der Waals surface area contributed by atoms with Crippen molar-refractivity contribution in [2.75, 3.05) is 0 Å². The van der Waals surface area contributed by atoms with E-state index in [2.05, 4.69) is 6.92 Å². The van der Waals surface area contributed by atoms with E-state index in [9.17, 15) is 22.6 Å². The molecule has 0 rings (SSSR count). The van der Waals surface area contributed by atoms with Crippen LogP contribution in [0, 0.1) is 0 Å². The number of rotatable bonds is 14. The monoisotopic (exact) mass is 420 g/mol. The van der Waals surface area contributed by atoms with Crippen LogP contribution in [0.5, 0.6) is 0 Å². The Hall–Kier alpha value is 0.486. The number of carbonyl (C=O) groups excluding carboxylic acids is 1. The molecule has 0 heterocycles. The van der Waals surface area contributed by atoms with E-state index >= 15 is 0 Å². The van der Waals surface area contributed by atoms with Crippen LogP contribution in [0.15, 0.2) is 0 Å². The molecule has 0 aliphatic carbocycles. The van der Waals surface area contributed by atoms with E-state index in [0.717, 1.165) is 38.5 Å². The second-order valence-corrected chi connectivity index (χ2v) is 8.12. The maximum atomic E-state index is 12.4. The SMILES string of the molecule is CCCCCCC(CCC)(CCC)OC(=O)C(CC(=O)O)S(=O)(=O)O.[KH]. The zero-order valence-electron chi connectivity index (χ0n) is 15.5. The molecule has 26 heavy (non-hydrogen) atoms. The molecular weight excluding hydrogens is 387 g/mol. The van der Waals surface area contributed by atoms with Crippen molar-refractivity contribution in [1.29, 1.82) is 0 Å². The zero-order valence-corrected chi connectivity index (χ0v) is 16.3. The van der Waals surface area contributed by atoms with E-state index in [4.69, 9.17) is 9.84 Å². The van der Waals surface area contributed by atoms with E-state index in [1.807, 2.05) is 13.8 Å². The quantitative estimate of drug-likeness (QED) is 0.192. The van der Waals surface area contributed by atoms with Gasteiger partial charge in [0.05, 0.1) is 6.42 Å². The van der Waals surface area contributed by atoms with Crippen LogP contribution in [0.4, 0.5) is 0 Å². The fourth-order valence-corrected chi connectivity index (χ4v) is 3.71. The minimum absolute atomic E-state index is 0. The molecule has 0 amide bonds. The molecule has 0 spiro atoms. The van der Waals surface area contributed by atoms with Gasteiger partial charge in [0.25, 0.3) is 10.1 Å². The van der Waals surface area contributed by atoms with Crippen LogP contribution in [0.2, 0.25) is 0 Å². The molecule has 0 aromatic heterocycles. The van der Waals surface area contributed by atoms with E-state index in [0.29, 0.717) is 19.3 Å². The number of hydrogen-bond donors (Lipinski definition) is 2. The van der Waals surface area contributed by atoms with Gasteiger partial charge in [0.1, 0.15) is 5.60 Å². The summed E-state index contributed by atoms with van der Waals surface area (Å²) in [4.78, 5) is 23.2. The van der Waals surface area contributed by atoms with Crippen LogP contribution >= 0.6 is 0 Å². The molecular formula is C17H33KO7S. The Bertz CT molecular complexity index is 513. The third-order valence-corrected chi connectivity index (χ3v) is 5.27. The second kappa shape index (κ2) is 14.5. The van der Waals surface area contributed by atoms with Gasteiger partial charge >= 0.3 is 63.3 Å². The fraction of sp³-hybridized carbons (Fsp3) is 0.882. The van der Waals surface area contributed by atoms with Crippen molar-refractivity contribution in [3.8, 4) is 0 Å². The Morgan fingerprint density at radius 2 is 1.50 bits per heavy atom. The van der Waals surface area contributed by atoms with Crippen LogP contribution in [0.25, 0.3) is 0 Å². The summed E-state index contributed by atoms with van der Waals surface area (Å²) in [5.41, 5.74) is -0.810. The average Bonchev–Trinajstić information content (AvgIpc) is 2.48. The Morgan fingerprint density at radius 1 is 0.962 bits per heavy atom. The molecule has 0 saturated heterocycles. The van der Waals surface area contributed by atoms with Gasteiger partial charge in [0.2, 0.25) is 0 Å². The van der Waals surface area contributed by atoms with Gasteiger partial charge in [0, 0.05) is 0 Å². The van der Waals surface area contributed by atoms with Gasteiger partial charge in [0.15, 0.2) is 5.25 Å². The van der Waals surface area contributed by atoms with Crippen molar-refractivity contribution in [2.45, 2.75) is 95.8 Å². The van der Waals surface area contributed by atoms with Crippen LogP contribution in [0.1, 0.15) is 85.0 Å². The van der Waals surface area contributed by atoms with Gasteiger partial charge in [-0.1, -0.05) is 52.9 Å². The van der Waals surface area contributed by atoms with Crippen molar-refractivity contribution >= 4 is 73.4 Å².